The minimum Gasteiger partial charge on any atom is -0.377 e. The third-order valence-corrected chi connectivity index (χ3v) is 2.74. The molecule has 0 saturated heterocycles. The van der Waals surface area contributed by atoms with Crippen molar-refractivity contribution in [1.82, 2.24) is 0 Å². The highest BCUT2D eigenvalue weighted by Gasteiger charge is 2.00. The quantitative estimate of drug-likeness (QED) is 0.749. The molecule has 0 aromatic heterocycles. The number of hydrogen-bond acceptors (Lipinski definition) is 2. The second kappa shape index (κ2) is 6.66. The van der Waals surface area contributed by atoms with Crippen molar-refractivity contribution >= 4 is 0 Å². The van der Waals surface area contributed by atoms with E-state index in [2.05, 4.69) is 39.0 Å². The lowest BCUT2D eigenvalue weighted by molar-refractivity contribution is 0.110. The van der Waals surface area contributed by atoms with E-state index in [1.807, 2.05) is 0 Å². The summed E-state index contributed by atoms with van der Waals surface area (Å²) in [6, 6.07) is 6.34. The summed E-state index contributed by atoms with van der Waals surface area (Å²) in [6.07, 6.45) is 1.12. The molecule has 0 amide bonds. The van der Waals surface area contributed by atoms with Gasteiger partial charge >= 0.3 is 0 Å². The van der Waals surface area contributed by atoms with Gasteiger partial charge < -0.3 is 10.5 Å². The zero-order valence-electron chi connectivity index (χ0n) is 10.6. The second-order valence-electron chi connectivity index (χ2n) is 4.70. The molecule has 2 nitrogen and oxygen atoms in total. The van der Waals surface area contributed by atoms with E-state index in [1.165, 1.54) is 16.7 Å². The summed E-state index contributed by atoms with van der Waals surface area (Å²) in [7, 11) is 0. The molecule has 0 spiro atoms. The van der Waals surface area contributed by atoms with Crippen molar-refractivity contribution < 1.29 is 4.74 Å². The molecule has 90 valence electrons. The Balaban J connectivity index is 2.42. The molecule has 0 aliphatic heterocycles. The first kappa shape index (κ1) is 13.2. The Hall–Kier alpha value is -0.860. The van der Waals surface area contributed by atoms with Crippen LogP contribution in [0.3, 0.4) is 0 Å². The smallest absolute Gasteiger partial charge is 0.0719 e. The van der Waals surface area contributed by atoms with E-state index in [1.54, 1.807) is 0 Å². The van der Waals surface area contributed by atoms with Crippen LogP contribution in [0.5, 0.6) is 0 Å². The minimum absolute atomic E-state index is 0.606. The zero-order valence-corrected chi connectivity index (χ0v) is 10.6. The first-order valence-corrected chi connectivity index (χ1v) is 5.99. The molecule has 0 atom stereocenters. The zero-order chi connectivity index (χ0) is 12.0. The van der Waals surface area contributed by atoms with E-state index < -0.39 is 0 Å². The first-order chi connectivity index (χ1) is 7.63. The van der Waals surface area contributed by atoms with E-state index in [-0.39, 0.29) is 0 Å². The van der Waals surface area contributed by atoms with Crippen LogP contribution in [0, 0.1) is 12.8 Å². The second-order valence-corrected chi connectivity index (χ2v) is 4.70. The maximum atomic E-state index is 5.65. The fourth-order valence-corrected chi connectivity index (χ4v) is 1.55. The van der Waals surface area contributed by atoms with Crippen LogP contribution in [-0.2, 0) is 17.9 Å². The van der Waals surface area contributed by atoms with Gasteiger partial charge in [0.25, 0.3) is 0 Å². The van der Waals surface area contributed by atoms with E-state index in [4.69, 9.17) is 10.5 Å². The fraction of sp³-hybridized carbons (Fsp3) is 0.571. The average molecular weight is 221 g/mol. The Morgan fingerprint density at radius 2 is 2.06 bits per heavy atom. The Labute approximate surface area is 98.8 Å². The number of ether oxygens (including phenoxy) is 1. The van der Waals surface area contributed by atoms with Gasteiger partial charge in [-0.1, -0.05) is 32.0 Å². The van der Waals surface area contributed by atoms with Crippen molar-refractivity contribution in [3.63, 3.8) is 0 Å². The molecule has 1 rings (SSSR count). The minimum atomic E-state index is 0.606. The van der Waals surface area contributed by atoms with Gasteiger partial charge in [0.1, 0.15) is 0 Å². The summed E-state index contributed by atoms with van der Waals surface area (Å²) in [4.78, 5) is 0. The molecule has 0 bridgehead atoms. The molecule has 0 saturated carbocycles. The van der Waals surface area contributed by atoms with Gasteiger partial charge in [-0.15, -0.1) is 0 Å². The third-order valence-electron chi connectivity index (χ3n) is 2.74. The van der Waals surface area contributed by atoms with Gasteiger partial charge in [0.05, 0.1) is 6.61 Å². The number of hydrogen-bond donors (Lipinski definition) is 1. The highest BCUT2D eigenvalue weighted by Crippen LogP contribution is 2.12. The van der Waals surface area contributed by atoms with Gasteiger partial charge in [-0.2, -0.15) is 0 Å². The van der Waals surface area contributed by atoms with Crippen LogP contribution in [0.15, 0.2) is 18.2 Å². The molecule has 2 heteroatoms. The maximum Gasteiger partial charge on any atom is 0.0719 e. The van der Waals surface area contributed by atoms with Gasteiger partial charge in [-0.25, -0.2) is 0 Å². The van der Waals surface area contributed by atoms with Crippen LogP contribution < -0.4 is 5.73 Å². The molecule has 0 aliphatic carbocycles. The van der Waals surface area contributed by atoms with Crippen LogP contribution in [0.25, 0.3) is 0 Å². The SMILES string of the molecule is Cc1cc(CN)ccc1COCCC(C)C. The summed E-state index contributed by atoms with van der Waals surface area (Å²) in [6.45, 7) is 8.70. The molecular formula is C14H23NO. The summed E-state index contributed by atoms with van der Waals surface area (Å²) in [5.74, 6) is 0.709. The Morgan fingerprint density at radius 3 is 2.62 bits per heavy atom. The van der Waals surface area contributed by atoms with Crippen molar-refractivity contribution in [3.8, 4) is 0 Å². The Bertz CT molecular complexity index is 321. The summed E-state index contributed by atoms with van der Waals surface area (Å²) in [5.41, 5.74) is 9.31. The molecule has 0 heterocycles. The molecule has 1 aromatic rings. The van der Waals surface area contributed by atoms with Gasteiger partial charge in [-0.05, 0) is 36.0 Å². The van der Waals surface area contributed by atoms with Crippen molar-refractivity contribution in [3.05, 3.63) is 34.9 Å². The molecule has 0 unspecified atom stereocenters. The third kappa shape index (κ3) is 4.33. The molecular weight excluding hydrogens is 198 g/mol. The summed E-state index contributed by atoms with van der Waals surface area (Å²) in [5, 5.41) is 0. The van der Waals surface area contributed by atoms with Crippen LogP contribution in [0.2, 0.25) is 0 Å². The fourth-order valence-electron chi connectivity index (χ4n) is 1.55. The predicted octanol–water partition coefficient (Wildman–Crippen LogP) is 3.02. The van der Waals surface area contributed by atoms with Gasteiger partial charge in [0, 0.05) is 13.2 Å². The van der Waals surface area contributed by atoms with E-state index in [9.17, 15) is 0 Å². The lowest BCUT2D eigenvalue weighted by Gasteiger charge is -2.09. The van der Waals surface area contributed by atoms with Crippen LogP contribution in [-0.4, -0.2) is 6.61 Å². The molecule has 0 fully saturated rings. The number of rotatable bonds is 6. The summed E-state index contributed by atoms with van der Waals surface area (Å²) >= 11 is 0. The molecule has 0 aliphatic rings. The van der Waals surface area contributed by atoms with Crippen LogP contribution in [0.1, 0.15) is 37.0 Å². The topological polar surface area (TPSA) is 35.2 Å². The van der Waals surface area contributed by atoms with E-state index in [0.717, 1.165) is 13.0 Å². The average Bonchev–Trinajstić information content (AvgIpc) is 2.25. The van der Waals surface area contributed by atoms with E-state index in [0.29, 0.717) is 19.1 Å². The highest BCUT2D eigenvalue weighted by atomic mass is 16.5. The molecule has 2 N–H and O–H groups in total. The lowest BCUT2D eigenvalue weighted by atomic mass is 10.1. The number of nitrogens with two attached hydrogens (primary N) is 1. The van der Waals surface area contributed by atoms with Crippen molar-refractivity contribution in [2.24, 2.45) is 11.7 Å². The monoisotopic (exact) mass is 221 g/mol. The lowest BCUT2D eigenvalue weighted by Crippen LogP contribution is -2.02. The maximum absolute atomic E-state index is 5.65. The van der Waals surface area contributed by atoms with Gasteiger partial charge in [0.2, 0.25) is 0 Å². The predicted molar refractivity (Wildman–Crippen MR) is 68.2 cm³/mol. The Kier molecular flexibility index (Phi) is 5.50. The van der Waals surface area contributed by atoms with Crippen LogP contribution >= 0.6 is 0 Å². The molecule has 0 radical (unpaired) electrons. The van der Waals surface area contributed by atoms with Crippen LogP contribution in [0.4, 0.5) is 0 Å². The number of benzene rings is 1. The Morgan fingerprint density at radius 1 is 1.31 bits per heavy atom. The van der Waals surface area contributed by atoms with Crippen molar-refractivity contribution in [2.45, 2.75) is 40.3 Å². The normalized spacial score (nSPS) is 11.1. The van der Waals surface area contributed by atoms with Crippen molar-refractivity contribution in [1.29, 1.82) is 0 Å². The summed E-state index contributed by atoms with van der Waals surface area (Å²) < 4.78 is 5.65. The van der Waals surface area contributed by atoms with Gasteiger partial charge in [-0.3, -0.25) is 0 Å². The highest BCUT2D eigenvalue weighted by molar-refractivity contribution is 5.30. The molecule has 16 heavy (non-hydrogen) atoms. The largest absolute Gasteiger partial charge is 0.377 e. The van der Waals surface area contributed by atoms with Gasteiger partial charge in [0.15, 0.2) is 0 Å². The standard InChI is InChI=1S/C14H23NO/c1-11(2)6-7-16-10-14-5-4-13(9-15)8-12(14)3/h4-5,8,11H,6-7,9-10,15H2,1-3H3. The number of aryl methyl sites for hydroxylation is 1. The molecule has 1 aromatic carbocycles. The van der Waals surface area contributed by atoms with E-state index >= 15 is 0 Å². The van der Waals surface area contributed by atoms with Crippen molar-refractivity contribution in [2.75, 3.05) is 6.61 Å². The first-order valence-electron chi connectivity index (χ1n) is 5.99.